The van der Waals surface area contributed by atoms with E-state index >= 15 is 0 Å². The molecule has 1 aromatic heterocycles. The minimum atomic E-state index is -1.08. The summed E-state index contributed by atoms with van der Waals surface area (Å²) >= 11 is 0. The minimum absolute atomic E-state index is 0.198. The Bertz CT molecular complexity index is 1740. The highest BCUT2D eigenvalue weighted by Crippen LogP contribution is 2.35. The fourth-order valence-electron chi connectivity index (χ4n) is 7.92. The van der Waals surface area contributed by atoms with Gasteiger partial charge in [-0.2, -0.15) is 0 Å². The Morgan fingerprint density at radius 2 is 1.71 bits per heavy atom. The van der Waals surface area contributed by atoms with Crippen molar-refractivity contribution in [3.8, 4) is 0 Å². The quantitative estimate of drug-likeness (QED) is 0.200. The number of hydrogen-bond acceptors (Lipinski definition) is 9. The van der Waals surface area contributed by atoms with Crippen LogP contribution >= 0.6 is 0 Å². The Hall–Kier alpha value is -4.61. The summed E-state index contributed by atoms with van der Waals surface area (Å²) in [6.07, 6.45) is 6.37. The van der Waals surface area contributed by atoms with Crippen LogP contribution in [0.25, 0.3) is 0 Å². The molecule has 4 aliphatic heterocycles. The molecule has 11 nitrogen and oxygen atoms in total. The first-order chi connectivity index (χ1) is 23.7. The van der Waals surface area contributed by atoms with Crippen molar-refractivity contribution < 1.29 is 19.5 Å². The number of aromatic nitrogens is 1. The molecule has 0 bridgehead atoms. The number of aliphatic hydroxyl groups is 1. The number of carbonyl (C=O) groups is 3. The minimum Gasteiger partial charge on any atom is -0.388 e. The predicted molar refractivity (Wildman–Crippen MR) is 188 cm³/mol. The van der Waals surface area contributed by atoms with E-state index in [-0.39, 0.29) is 24.8 Å². The van der Waals surface area contributed by atoms with Crippen LogP contribution in [-0.2, 0) is 34.7 Å². The first-order valence-corrected chi connectivity index (χ1v) is 17.5. The van der Waals surface area contributed by atoms with Gasteiger partial charge in [0.1, 0.15) is 11.6 Å². The van der Waals surface area contributed by atoms with E-state index in [1.165, 1.54) is 27.9 Å². The van der Waals surface area contributed by atoms with Crippen molar-refractivity contribution in [2.75, 3.05) is 43.4 Å². The second-order valence-electron chi connectivity index (χ2n) is 14.0. The molecule has 0 saturated carbocycles. The highest BCUT2D eigenvalue weighted by Gasteiger charge is 2.41. The van der Waals surface area contributed by atoms with E-state index in [9.17, 15) is 19.5 Å². The predicted octanol–water partition coefficient (Wildman–Crippen LogP) is 3.82. The van der Waals surface area contributed by atoms with Gasteiger partial charge in [0.2, 0.25) is 11.8 Å². The van der Waals surface area contributed by atoms with E-state index in [4.69, 9.17) is 10.4 Å². The molecule has 11 heteroatoms. The Balaban J connectivity index is 0.894. The maximum absolute atomic E-state index is 13.1. The lowest BCUT2D eigenvalue weighted by atomic mass is 9.87. The van der Waals surface area contributed by atoms with E-state index in [1.54, 1.807) is 12.1 Å². The van der Waals surface area contributed by atoms with Crippen LogP contribution in [-0.4, -0.2) is 83.1 Å². The molecule has 4 aliphatic rings. The molecule has 1 atom stereocenters. The number of anilines is 2. The smallest absolute Gasteiger partial charge is 0.256 e. The average molecular weight is 664 g/mol. The summed E-state index contributed by atoms with van der Waals surface area (Å²) in [5, 5.41) is 24.8. The number of amides is 3. The molecule has 4 N–H and O–H groups in total. The summed E-state index contributed by atoms with van der Waals surface area (Å²) < 4.78 is 0. The van der Waals surface area contributed by atoms with Crippen molar-refractivity contribution in [3.63, 3.8) is 0 Å². The molecule has 0 radical (unpaired) electrons. The standard InChI is InChI=1S/C38H45N7O4/c1-40-31-8-4-27(21-28(31)22-39)20-25-12-16-44(17-13-25)29-5-2-26(3-6-29)23-43-18-14-38(49,15-19-43)34-10-7-30-32(41-34)24-45(37(30)48)33-9-11-35(46)42-36(33)47/h2-8,10,21-22,25,33,39-40,49H,9,11-20,23-24H2,1H3,(H,42,46,47). The molecular formula is C38H45N7O4. The van der Waals surface area contributed by atoms with Crippen LogP contribution in [0.15, 0.2) is 54.6 Å². The fourth-order valence-corrected chi connectivity index (χ4v) is 7.92. The van der Waals surface area contributed by atoms with Gasteiger partial charge in [0, 0.05) is 69.3 Å². The van der Waals surface area contributed by atoms with Gasteiger partial charge in [-0.05, 0) is 92.0 Å². The Labute approximate surface area is 287 Å². The molecule has 5 heterocycles. The Morgan fingerprint density at radius 3 is 2.41 bits per heavy atom. The molecular weight excluding hydrogens is 618 g/mol. The molecule has 3 fully saturated rings. The van der Waals surface area contributed by atoms with Crippen molar-refractivity contribution in [3.05, 3.63) is 88.2 Å². The molecule has 49 heavy (non-hydrogen) atoms. The van der Waals surface area contributed by atoms with Gasteiger partial charge in [-0.3, -0.25) is 29.6 Å². The van der Waals surface area contributed by atoms with Gasteiger partial charge < -0.3 is 25.6 Å². The zero-order valence-electron chi connectivity index (χ0n) is 28.1. The van der Waals surface area contributed by atoms with Gasteiger partial charge in [0.15, 0.2) is 0 Å². The highest BCUT2D eigenvalue weighted by molar-refractivity contribution is 6.05. The molecule has 0 aliphatic carbocycles. The van der Waals surface area contributed by atoms with Crippen LogP contribution in [0.3, 0.4) is 0 Å². The van der Waals surface area contributed by atoms with Gasteiger partial charge in [0.05, 0.1) is 23.5 Å². The zero-order valence-corrected chi connectivity index (χ0v) is 28.1. The number of hydrogen-bond donors (Lipinski definition) is 4. The van der Waals surface area contributed by atoms with Gasteiger partial charge in [0.25, 0.3) is 5.91 Å². The fraction of sp³-hybridized carbons (Fsp3) is 0.447. The lowest BCUT2D eigenvalue weighted by Crippen LogP contribution is -2.52. The normalized spacial score (nSPS) is 21.4. The lowest BCUT2D eigenvalue weighted by Gasteiger charge is -2.38. The summed E-state index contributed by atoms with van der Waals surface area (Å²) in [6.45, 7) is 4.55. The maximum Gasteiger partial charge on any atom is 0.256 e. The second-order valence-corrected chi connectivity index (χ2v) is 14.0. The van der Waals surface area contributed by atoms with Crippen LogP contribution in [0.4, 0.5) is 11.4 Å². The Morgan fingerprint density at radius 1 is 0.980 bits per heavy atom. The monoisotopic (exact) mass is 663 g/mol. The van der Waals surface area contributed by atoms with Crippen molar-refractivity contribution in [1.82, 2.24) is 20.1 Å². The number of nitrogens with zero attached hydrogens (tertiary/aromatic N) is 4. The molecule has 1 unspecified atom stereocenters. The van der Waals surface area contributed by atoms with Crippen molar-refractivity contribution in [2.45, 2.75) is 69.7 Å². The third-order valence-corrected chi connectivity index (χ3v) is 10.9. The number of pyridine rings is 1. The van der Waals surface area contributed by atoms with Gasteiger partial charge in [-0.1, -0.05) is 18.2 Å². The summed E-state index contributed by atoms with van der Waals surface area (Å²) in [5.41, 5.74) is 6.26. The van der Waals surface area contributed by atoms with Gasteiger partial charge in [-0.25, -0.2) is 0 Å². The third-order valence-electron chi connectivity index (χ3n) is 10.9. The molecule has 2 aromatic carbocycles. The van der Waals surface area contributed by atoms with Crippen LogP contribution in [0.2, 0.25) is 0 Å². The van der Waals surface area contributed by atoms with Gasteiger partial charge in [-0.15, -0.1) is 0 Å². The van der Waals surface area contributed by atoms with Crippen molar-refractivity contribution >= 4 is 35.3 Å². The number of imide groups is 1. The SMILES string of the molecule is CNc1ccc(CC2CCN(c3ccc(CN4CCC(O)(c5ccc6c(n5)CN(C5CCC(=O)NC5=O)C6=O)CC4)cc3)CC2)cc1C=N. The van der Waals surface area contributed by atoms with E-state index in [0.29, 0.717) is 42.1 Å². The number of rotatable bonds is 9. The van der Waals surface area contributed by atoms with Crippen LogP contribution in [0, 0.1) is 11.3 Å². The highest BCUT2D eigenvalue weighted by atomic mass is 16.3. The summed E-state index contributed by atoms with van der Waals surface area (Å²) in [4.78, 5) is 48.1. The molecule has 3 amide bonds. The molecule has 0 spiro atoms. The number of fused-ring (bicyclic) bond motifs is 1. The number of likely N-dealkylation sites (tertiary alicyclic amines) is 1. The van der Waals surface area contributed by atoms with Crippen LogP contribution in [0.5, 0.6) is 0 Å². The first kappa shape index (κ1) is 32.9. The molecule has 256 valence electrons. The second kappa shape index (κ2) is 13.7. The summed E-state index contributed by atoms with van der Waals surface area (Å²) in [7, 11) is 1.89. The number of carbonyl (C=O) groups excluding carboxylic acids is 3. The maximum atomic E-state index is 13.1. The Kier molecular flexibility index (Phi) is 9.21. The molecule has 3 aromatic rings. The van der Waals surface area contributed by atoms with Crippen molar-refractivity contribution in [2.24, 2.45) is 5.92 Å². The number of piperidine rings is 3. The van der Waals surface area contributed by atoms with Gasteiger partial charge >= 0.3 is 0 Å². The number of nitrogens with one attached hydrogen (secondary N) is 3. The lowest BCUT2D eigenvalue weighted by molar-refractivity contribution is -0.136. The van der Waals surface area contributed by atoms with E-state index in [2.05, 4.69) is 62.9 Å². The van der Waals surface area contributed by atoms with E-state index < -0.39 is 17.6 Å². The summed E-state index contributed by atoms with van der Waals surface area (Å²) in [5.74, 6) is -0.368. The zero-order chi connectivity index (χ0) is 34.1. The average Bonchev–Trinajstić information content (AvgIpc) is 3.45. The van der Waals surface area contributed by atoms with E-state index in [0.717, 1.165) is 63.2 Å². The van der Waals surface area contributed by atoms with Crippen LogP contribution in [0.1, 0.15) is 77.0 Å². The summed E-state index contributed by atoms with van der Waals surface area (Å²) in [6, 6.07) is 18.1. The van der Waals surface area contributed by atoms with Crippen molar-refractivity contribution in [1.29, 1.82) is 5.41 Å². The largest absolute Gasteiger partial charge is 0.388 e. The van der Waals surface area contributed by atoms with Crippen LogP contribution < -0.4 is 15.5 Å². The van der Waals surface area contributed by atoms with E-state index in [1.807, 2.05) is 7.05 Å². The number of benzene rings is 2. The first-order valence-electron chi connectivity index (χ1n) is 17.5. The molecule has 3 saturated heterocycles. The topological polar surface area (TPSA) is 142 Å². The third kappa shape index (κ3) is 6.82. The molecule has 7 rings (SSSR count).